The van der Waals surface area contributed by atoms with Crippen molar-refractivity contribution in [2.24, 2.45) is 0 Å². The van der Waals surface area contributed by atoms with E-state index in [1.54, 1.807) is 22.2 Å². The number of pyridine rings is 1. The predicted molar refractivity (Wildman–Crippen MR) is 321 cm³/mol. The third-order valence-corrected chi connectivity index (χ3v) is 13.3. The largest absolute Gasteiger partial charge is 0.778 e. The number of nitrogens with one attached hydrogen (secondary N) is 5. The van der Waals surface area contributed by atoms with Crippen molar-refractivity contribution in [3.63, 3.8) is 0 Å². The Kier molecular flexibility index (Phi) is 32.4. The number of urea groups is 2. The molecule has 1 unspecified atom stereocenters. The van der Waals surface area contributed by atoms with E-state index in [4.69, 9.17) is 52.5 Å². The molecule has 5 amide bonds. The van der Waals surface area contributed by atoms with Crippen molar-refractivity contribution in [3.8, 4) is 35.0 Å². The van der Waals surface area contributed by atoms with Gasteiger partial charge in [-0.05, 0) is 59.4 Å². The fourth-order valence-electron chi connectivity index (χ4n) is 5.92. The van der Waals surface area contributed by atoms with Crippen molar-refractivity contribution >= 4 is 115 Å². The number of benzene rings is 3. The highest BCUT2D eigenvalue weighted by molar-refractivity contribution is 7.94. The van der Waals surface area contributed by atoms with E-state index in [1.807, 2.05) is 5.32 Å². The zero-order valence-electron chi connectivity index (χ0n) is 49.3. The van der Waals surface area contributed by atoms with Crippen LogP contribution in [0.3, 0.4) is 0 Å². The van der Waals surface area contributed by atoms with Gasteiger partial charge in [-0.3, -0.25) is 35.7 Å². The molecule has 0 aliphatic carbocycles. The number of nitro benzene ring substituents is 1. The minimum atomic E-state index is -4.71. The maximum Gasteiger partial charge on any atom is 0.388 e. The van der Waals surface area contributed by atoms with Crippen LogP contribution in [-0.2, 0) is 45.0 Å². The molecule has 512 valence electrons. The minimum absolute atomic E-state index is 0.0913. The summed E-state index contributed by atoms with van der Waals surface area (Å²) in [4.78, 5) is 115. The molecule has 0 spiro atoms. The number of hydrogen-bond acceptors (Lipinski definition) is 26. The van der Waals surface area contributed by atoms with E-state index in [-0.39, 0.29) is 45.3 Å². The van der Waals surface area contributed by atoms with Crippen LogP contribution in [0.15, 0.2) is 101 Å². The molecule has 8 N–H and O–H groups in total. The molecule has 6 rings (SSSR count). The van der Waals surface area contributed by atoms with Gasteiger partial charge in [-0.1, -0.05) is 35.3 Å². The number of sulfonamides is 2. The number of carboxylic acids is 2. The summed E-state index contributed by atoms with van der Waals surface area (Å²) in [5.74, 6) is -6.62. The average molecular weight is 1450 g/mol. The summed E-state index contributed by atoms with van der Waals surface area (Å²) >= 11 is 11.8. The number of methoxy groups -OCH3 is 3. The molecule has 0 aliphatic heterocycles. The summed E-state index contributed by atoms with van der Waals surface area (Å²) in [5, 5.41) is 33.9. The Morgan fingerprint density at radius 3 is 1.68 bits per heavy atom. The molecule has 94 heavy (non-hydrogen) atoms. The quantitative estimate of drug-likeness (QED) is 0.0109. The van der Waals surface area contributed by atoms with E-state index in [2.05, 4.69) is 63.2 Å². The maximum atomic E-state index is 12.5. The predicted octanol–water partition coefficient (Wildman–Crippen LogP) is 5.13. The zero-order valence-corrected chi connectivity index (χ0v) is 54.2. The number of aliphatic carboxylic acids is 1. The summed E-state index contributed by atoms with van der Waals surface area (Å²) in [6, 6.07) is 14.5. The molecule has 0 bridgehead atoms. The van der Waals surface area contributed by atoms with Gasteiger partial charge in [-0.15, -0.1) is 0 Å². The van der Waals surface area contributed by atoms with Crippen molar-refractivity contribution in [3.05, 3.63) is 128 Å². The van der Waals surface area contributed by atoms with Gasteiger partial charge in [0, 0.05) is 37.4 Å². The SMILES string of the molecule is COC(=O)c1cc(Oc2ccc(Cl)cc2Cl)ccc1[N+](=O)[O-].COc1cc(OC)nc(NC(=O)NS(=O)(=O)c2ncccc2C(=O)N(C)C)n1.C[S+](C)C.O=C(Nc1nc(OC(F)F)cc(OC(F)F)n1)NS(=O)(=O)c1ccccc1C(=O)O.O=C(O)CNCP(=O)([O-])O. The lowest BCUT2D eigenvalue weighted by Crippen LogP contribution is -2.36. The molecule has 0 fully saturated rings. The van der Waals surface area contributed by atoms with Crippen LogP contribution in [-0.4, -0.2) is 183 Å². The van der Waals surface area contributed by atoms with E-state index >= 15 is 0 Å². The van der Waals surface area contributed by atoms with Gasteiger partial charge in [-0.25, -0.2) is 42.0 Å². The number of amides is 5. The number of esters is 1. The van der Waals surface area contributed by atoms with Crippen LogP contribution in [0.25, 0.3) is 0 Å². The number of nitrogens with zero attached hydrogens (tertiary/aromatic N) is 7. The number of aromatic carboxylic acids is 1. The molecule has 6 aromatic rings. The third-order valence-electron chi connectivity index (χ3n) is 9.45. The summed E-state index contributed by atoms with van der Waals surface area (Å²) < 4.78 is 140. The fraction of sp³-hybridized carbons (Fsp3) is 0.245. The Morgan fingerprint density at radius 2 is 1.22 bits per heavy atom. The highest BCUT2D eigenvalue weighted by Crippen LogP contribution is 2.34. The molecule has 3 aromatic heterocycles. The normalized spacial score (nSPS) is 11.3. The van der Waals surface area contributed by atoms with Gasteiger partial charge in [0.1, 0.15) is 29.6 Å². The summed E-state index contributed by atoms with van der Waals surface area (Å²) in [6.45, 7) is -7.30. The van der Waals surface area contributed by atoms with Crippen LogP contribution in [0.5, 0.6) is 35.0 Å². The number of ether oxygens (including phenoxy) is 6. The van der Waals surface area contributed by atoms with E-state index in [9.17, 15) is 82.7 Å². The Balaban J connectivity index is 0.000000438. The topological polar surface area (TPSA) is 498 Å². The van der Waals surface area contributed by atoms with Gasteiger partial charge in [0.25, 0.3) is 31.6 Å². The molecule has 0 saturated carbocycles. The second-order valence-electron chi connectivity index (χ2n) is 17.3. The summed E-state index contributed by atoms with van der Waals surface area (Å²) in [6.07, 6.45) is 7.06. The van der Waals surface area contributed by atoms with Gasteiger partial charge in [-0.2, -0.15) is 45.9 Å². The van der Waals surface area contributed by atoms with Gasteiger partial charge < -0.3 is 57.9 Å². The number of carbonyl (C=O) groups is 6. The Hall–Kier alpha value is -9.55. The van der Waals surface area contributed by atoms with E-state index in [0.717, 1.165) is 25.3 Å². The number of carboxylic acid groups (broad SMARTS) is 2. The molecular formula is C49H53Cl2F4N12O23PS3. The molecule has 35 nitrogen and oxygen atoms in total. The van der Waals surface area contributed by atoms with Gasteiger partial charge >= 0.3 is 43.2 Å². The Labute approximate surface area is 542 Å². The van der Waals surface area contributed by atoms with Gasteiger partial charge in [0.05, 0.1) is 86.1 Å². The third kappa shape index (κ3) is 29.0. The van der Waals surface area contributed by atoms with Gasteiger partial charge in [0.15, 0.2) is 5.03 Å². The van der Waals surface area contributed by atoms with Crippen LogP contribution < -0.4 is 54.0 Å². The Bertz CT molecular complexity index is 3900. The maximum absolute atomic E-state index is 12.5. The van der Waals surface area contributed by atoms with Crippen molar-refractivity contribution in [1.29, 1.82) is 0 Å². The Morgan fingerprint density at radius 1 is 0.723 bits per heavy atom. The molecule has 0 radical (unpaired) electrons. The standard InChI is InChI=1S/C15H18N6O6S.C14H9Cl2NO5.C14H10F4N4O7S.C3H8NO5P.C3H9S/c1-21(2)13(22)9-6-5-7-16-12(9)28(24,25)20-15(23)19-14-17-10(26-3)8-11(18-14)27-4;1-21-14(18)10-7-9(3-4-12(10)17(19)20)22-13-5-2-8(15)6-11(13)16;15-11(16)28-8-5-9(29-12(17)18)20-13(19-8)21-14(25)22-30(26,27)7-4-2-1-3-6(7)10(23)24;5-3(6)1-4-2-10(7,8)9;1-4(2)3/h5-8H,1-4H3,(H2,17,18,19,20,23);2-7H,1H3;1-5,11-12H,(H,23,24)(H2,19,20,21,22,25);4H,1-2H2,(H,5,6)(H2,7,8,9);1-3H3/q;;;;+1/p-1. The van der Waals surface area contributed by atoms with Crippen LogP contribution in [0, 0.1) is 10.1 Å². The summed E-state index contributed by atoms with van der Waals surface area (Å²) in [5.41, 5.74) is -1.42. The number of rotatable bonds is 22. The molecule has 0 aliphatic rings. The van der Waals surface area contributed by atoms with Crippen molar-refractivity contribution < 1.29 is 121 Å². The highest BCUT2D eigenvalue weighted by atomic mass is 35.5. The number of anilines is 2. The summed E-state index contributed by atoms with van der Waals surface area (Å²) in [7, 11) is -6.14. The second-order valence-corrected chi connectivity index (χ2v) is 25.5. The molecule has 0 saturated heterocycles. The first-order chi connectivity index (χ1) is 43.7. The first kappa shape index (κ1) is 80.5. The zero-order chi connectivity index (χ0) is 71.4. The smallest absolute Gasteiger partial charge is 0.388 e. The number of aromatic nitrogens is 5. The van der Waals surface area contributed by atoms with Crippen LogP contribution in [0.1, 0.15) is 31.1 Å². The molecule has 45 heteroatoms. The number of nitro groups is 1. The first-order valence-electron chi connectivity index (χ1n) is 24.6. The lowest BCUT2D eigenvalue weighted by molar-refractivity contribution is -0.385. The number of halogens is 6. The first-order valence-corrected chi connectivity index (χ1v) is 32.5. The molecular weight excluding hydrogens is 1400 g/mol. The van der Waals surface area contributed by atoms with Crippen molar-refractivity contribution in [2.45, 2.75) is 23.1 Å². The number of hydrogen-bond donors (Lipinski definition) is 8. The highest BCUT2D eigenvalue weighted by Gasteiger charge is 2.29. The van der Waals surface area contributed by atoms with E-state index in [1.165, 1.54) is 92.7 Å². The number of carbonyl (C=O) groups excluding carboxylic acids is 4. The average Bonchev–Trinajstić information content (AvgIpc) is 0.832. The van der Waals surface area contributed by atoms with Crippen LogP contribution >= 0.6 is 30.8 Å². The lowest BCUT2D eigenvalue weighted by Gasteiger charge is -2.14. The van der Waals surface area contributed by atoms with Crippen LogP contribution in [0.2, 0.25) is 10.0 Å². The second kappa shape index (κ2) is 37.8. The molecule has 1 atom stereocenters. The van der Waals surface area contributed by atoms with Crippen molar-refractivity contribution in [2.75, 3.05) is 77.7 Å². The fourth-order valence-corrected chi connectivity index (χ4v) is 8.91. The number of alkyl halides is 4. The molecule has 3 aromatic carbocycles. The van der Waals surface area contributed by atoms with E-state index < -0.39 is 128 Å². The van der Waals surface area contributed by atoms with Crippen molar-refractivity contribution in [1.82, 2.24) is 44.6 Å². The molecule has 3 heterocycles. The lowest BCUT2D eigenvalue weighted by atomic mass is 10.1. The van der Waals surface area contributed by atoms with E-state index in [0.29, 0.717) is 27.7 Å². The van der Waals surface area contributed by atoms with Gasteiger partial charge in [0.2, 0.25) is 35.4 Å². The monoisotopic (exact) mass is 1450 g/mol. The minimum Gasteiger partial charge on any atom is -0.778 e. The van der Waals surface area contributed by atoms with Crippen LogP contribution in [0.4, 0.5) is 44.7 Å².